The molecule has 0 unspecified atom stereocenters. The predicted octanol–water partition coefficient (Wildman–Crippen LogP) is 1.60. The Kier molecular flexibility index (Phi) is 3.87. The summed E-state index contributed by atoms with van der Waals surface area (Å²) in [6, 6.07) is 6.77. The zero-order valence-electron chi connectivity index (χ0n) is 10.6. The summed E-state index contributed by atoms with van der Waals surface area (Å²) in [4.78, 5) is 11.6. The van der Waals surface area contributed by atoms with Crippen LogP contribution in [0, 0.1) is 0 Å². The molecule has 0 atom stereocenters. The van der Waals surface area contributed by atoms with Gasteiger partial charge in [-0.25, -0.2) is 4.68 Å². The van der Waals surface area contributed by atoms with Crippen LogP contribution >= 0.6 is 11.6 Å². The van der Waals surface area contributed by atoms with E-state index in [2.05, 4.69) is 5.10 Å². The Morgan fingerprint density at radius 1 is 1.42 bits per heavy atom. The molecule has 0 saturated heterocycles. The summed E-state index contributed by atoms with van der Waals surface area (Å²) in [7, 11) is 3.07. The van der Waals surface area contributed by atoms with E-state index in [0.717, 1.165) is 5.56 Å². The van der Waals surface area contributed by atoms with Crippen molar-refractivity contribution in [1.29, 1.82) is 0 Å². The topological polar surface area (TPSA) is 64.3 Å². The van der Waals surface area contributed by atoms with Gasteiger partial charge in [0.05, 0.1) is 24.4 Å². The monoisotopic (exact) mass is 280 g/mol. The van der Waals surface area contributed by atoms with Gasteiger partial charge in [-0.05, 0) is 24.3 Å². The Hall–Kier alpha value is -1.85. The van der Waals surface area contributed by atoms with Gasteiger partial charge in [-0.15, -0.1) is 0 Å². The van der Waals surface area contributed by atoms with Gasteiger partial charge in [-0.2, -0.15) is 5.10 Å². The van der Waals surface area contributed by atoms with Crippen molar-refractivity contribution in [3.05, 3.63) is 45.2 Å². The summed E-state index contributed by atoms with van der Waals surface area (Å²) >= 11 is 6.05. The highest BCUT2D eigenvalue weighted by Crippen LogP contribution is 2.29. The van der Waals surface area contributed by atoms with Crippen molar-refractivity contribution in [1.82, 2.24) is 9.78 Å². The fraction of sp³-hybridized carbons (Fsp3) is 0.231. The zero-order chi connectivity index (χ0) is 14.0. The van der Waals surface area contributed by atoms with Crippen LogP contribution in [-0.2, 0) is 13.7 Å². The number of rotatable bonds is 3. The Labute approximate surface area is 115 Å². The number of halogens is 1. The molecule has 0 bridgehead atoms. The molecule has 6 heteroatoms. The molecular weight excluding hydrogens is 268 g/mol. The van der Waals surface area contributed by atoms with Gasteiger partial charge in [0.25, 0.3) is 5.56 Å². The molecule has 100 valence electrons. The van der Waals surface area contributed by atoms with Gasteiger partial charge in [0.2, 0.25) is 0 Å². The van der Waals surface area contributed by atoms with E-state index in [0.29, 0.717) is 22.0 Å². The summed E-state index contributed by atoms with van der Waals surface area (Å²) < 4.78 is 6.27. The molecule has 0 saturated carbocycles. The molecule has 0 aliphatic carbocycles. The van der Waals surface area contributed by atoms with E-state index in [-0.39, 0.29) is 12.2 Å². The first-order chi connectivity index (χ1) is 9.06. The average molecular weight is 281 g/mol. The maximum atomic E-state index is 11.6. The highest BCUT2D eigenvalue weighted by Gasteiger charge is 2.09. The second-order valence-corrected chi connectivity index (χ2v) is 4.40. The van der Waals surface area contributed by atoms with Crippen LogP contribution in [0.25, 0.3) is 11.3 Å². The molecule has 19 heavy (non-hydrogen) atoms. The highest BCUT2D eigenvalue weighted by atomic mass is 35.5. The number of aryl methyl sites for hydroxylation is 1. The molecule has 0 fully saturated rings. The second kappa shape index (κ2) is 5.42. The lowest BCUT2D eigenvalue weighted by Crippen LogP contribution is -2.23. The third-order valence-electron chi connectivity index (χ3n) is 2.76. The third kappa shape index (κ3) is 2.62. The van der Waals surface area contributed by atoms with Crippen molar-refractivity contribution in [3.8, 4) is 17.0 Å². The normalized spacial score (nSPS) is 10.5. The van der Waals surface area contributed by atoms with E-state index in [9.17, 15) is 4.79 Å². The number of hydrogen-bond acceptors (Lipinski definition) is 4. The minimum absolute atomic E-state index is 0.291. The fourth-order valence-corrected chi connectivity index (χ4v) is 2.01. The number of benzene rings is 1. The van der Waals surface area contributed by atoms with Crippen LogP contribution in [0.4, 0.5) is 0 Å². The van der Waals surface area contributed by atoms with E-state index in [1.54, 1.807) is 24.3 Å². The lowest BCUT2D eigenvalue weighted by Gasteiger charge is -2.08. The van der Waals surface area contributed by atoms with Crippen molar-refractivity contribution < 1.29 is 9.84 Å². The molecule has 1 N–H and O–H groups in total. The van der Waals surface area contributed by atoms with E-state index < -0.39 is 0 Å². The van der Waals surface area contributed by atoms with Crippen LogP contribution in [0.15, 0.2) is 29.1 Å². The number of aromatic nitrogens is 2. The number of aliphatic hydroxyl groups is 1. The summed E-state index contributed by atoms with van der Waals surface area (Å²) in [5.41, 5.74) is 1.29. The largest absolute Gasteiger partial charge is 0.495 e. The Bertz CT molecular complexity index is 667. The summed E-state index contributed by atoms with van der Waals surface area (Å²) in [6.07, 6.45) is 0. The molecule has 1 aromatic carbocycles. The molecule has 2 rings (SSSR count). The second-order valence-electron chi connectivity index (χ2n) is 3.99. The smallest absolute Gasteiger partial charge is 0.272 e. The number of nitrogens with zero attached hydrogens (tertiary/aromatic N) is 2. The van der Waals surface area contributed by atoms with Crippen molar-refractivity contribution in [2.45, 2.75) is 6.61 Å². The molecule has 0 aliphatic rings. The number of methoxy groups -OCH3 is 1. The van der Waals surface area contributed by atoms with Gasteiger partial charge in [-0.3, -0.25) is 4.79 Å². The summed E-state index contributed by atoms with van der Waals surface area (Å²) in [5, 5.41) is 13.8. The van der Waals surface area contributed by atoms with E-state index >= 15 is 0 Å². The highest BCUT2D eigenvalue weighted by molar-refractivity contribution is 6.32. The number of aliphatic hydroxyl groups excluding tert-OH is 1. The van der Waals surface area contributed by atoms with Gasteiger partial charge < -0.3 is 9.84 Å². The molecule has 0 amide bonds. The van der Waals surface area contributed by atoms with E-state index in [4.69, 9.17) is 21.4 Å². The maximum absolute atomic E-state index is 11.6. The lowest BCUT2D eigenvalue weighted by molar-refractivity contribution is 0.279. The number of hydrogen-bond donors (Lipinski definition) is 1. The standard InChI is InChI=1S/C13H13ClN2O3/c1-16-13(18)9(7-17)6-11(15-16)8-3-4-12(19-2)10(14)5-8/h3-6,17H,7H2,1-2H3. The first-order valence-electron chi connectivity index (χ1n) is 5.59. The van der Waals surface area contributed by atoms with Crippen LogP contribution in [0.1, 0.15) is 5.56 Å². The van der Waals surface area contributed by atoms with Crippen LogP contribution < -0.4 is 10.3 Å². The molecule has 0 spiro atoms. The maximum Gasteiger partial charge on any atom is 0.272 e. The van der Waals surface area contributed by atoms with Crippen molar-refractivity contribution >= 4 is 11.6 Å². The van der Waals surface area contributed by atoms with Gasteiger partial charge >= 0.3 is 0 Å². The van der Waals surface area contributed by atoms with Crippen LogP contribution in [-0.4, -0.2) is 22.0 Å². The van der Waals surface area contributed by atoms with Crippen molar-refractivity contribution in [2.24, 2.45) is 7.05 Å². The first kappa shape index (κ1) is 13.6. The van der Waals surface area contributed by atoms with Crippen molar-refractivity contribution in [2.75, 3.05) is 7.11 Å². The molecule has 0 radical (unpaired) electrons. The summed E-state index contributed by atoms with van der Waals surface area (Å²) in [6.45, 7) is -0.327. The molecule has 2 aromatic rings. The van der Waals surface area contributed by atoms with Crippen LogP contribution in [0.5, 0.6) is 5.75 Å². The lowest BCUT2D eigenvalue weighted by atomic mass is 10.1. The first-order valence-corrected chi connectivity index (χ1v) is 5.96. The minimum Gasteiger partial charge on any atom is -0.495 e. The SMILES string of the molecule is COc1ccc(-c2cc(CO)c(=O)n(C)n2)cc1Cl. The van der Waals surface area contributed by atoms with Crippen LogP contribution in [0.2, 0.25) is 5.02 Å². The Morgan fingerprint density at radius 2 is 2.16 bits per heavy atom. The third-order valence-corrected chi connectivity index (χ3v) is 3.05. The quantitative estimate of drug-likeness (QED) is 0.927. The molecule has 1 aromatic heterocycles. The molecule has 5 nitrogen and oxygen atoms in total. The number of ether oxygens (including phenoxy) is 1. The molecule has 0 aliphatic heterocycles. The van der Waals surface area contributed by atoms with Crippen molar-refractivity contribution in [3.63, 3.8) is 0 Å². The fourth-order valence-electron chi connectivity index (χ4n) is 1.75. The average Bonchev–Trinajstić information content (AvgIpc) is 2.41. The van der Waals surface area contributed by atoms with Gasteiger partial charge in [-0.1, -0.05) is 11.6 Å². The minimum atomic E-state index is -0.327. The Balaban J connectivity index is 2.56. The Morgan fingerprint density at radius 3 is 2.74 bits per heavy atom. The molecular formula is C13H13ClN2O3. The van der Waals surface area contributed by atoms with Crippen LogP contribution in [0.3, 0.4) is 0 Å². The zero-order valence-corrected chi connectivity index (χ0v) is 11.3. The van der Waals surface area contributed by atoms with E-state index in [1.807, 2.05) is 0 Å². The van der Waals surface area contributed by atoms with Gasteiger partial charge in [0, 0.05) is 18.2 Å². The van der Waals surface area contributed by atoms with E-state index in [1.165, 1.54) is 18.8 Å². The van der Waals surface area contributed by atoms with Gasteiger partial charge in [0.1, 0.15) is 5.75 Å². The van der Waals surface area contributed by atoms with Gasteiger partial charge in [0.15, 0.2) is 0 Å². The summed E-state index contributed by atoms with van der Waals surface area (Å²) in [5.74, 6) is 0.567. The predicted molar refractivity (Wildman–Crippen MR) is 72.4 cm³/mol. The molecule has 1 heterocycles.